The molecule has 1 fully saturated rings. The Bertz CT molecular complexity index is 926. The van der Waals surface area contributed by atoms with Crippen molar-refractivity contribution in [2.24, 2.45) is 0 Å². The van der Waals surface area contributed by atoms with Crippen molar-refractivity contribution >= 4 is 5.91 Å². The summed E-state index contributed by atoms with van der Waals surface area (Å²) < 4.78 is 5.36. The molecule has 2 heterocycles. The molecule has 2 aliphatic rings. The minimum atomic E-state index is 0.0680. The van der Waals surface area contributed by atoms with Crippen LogP contribution in [0.3, 0.4) is 0 Å². The Morgan fingerprint density at radius 3 is 2.66 bits per heavy atom. The smallest absolute Gasteiger partial charge is 0.254 e. The van der Waals surface area contributed by atoms with Crippen LogP contribution in [0.15, 0.2) is 72.0 Å². The maximum atomic E-state index is 12.8. The summed E-state index contributed by atoms with van der Waals surface area (Å²) in [6.07, 6.45) is 11.7. The van der Waals surface area contributed by atoms with Crippen LogP contribution in [0, 0.1) is 0 Å². The van der Waals surface area contributed by atoms with Gasteiger partial charge in [0.25, 0.3) is 5.91 Å². The van der Waals surface area contributed by atoms with Gasteiger partial charge in [0.05, 0.1) is 25.0 Å². The number of ether oxygens (including phenoxy) is 1. The third-order valence-electron chi connectivity index (χ3n) is 5.72. The summed E-state index contributed by atoms with van der Waals surface area (Å²) in [5.41, 5.74) is 2.94. The summed E-state index contributed by atoms with van der Waals surface area (Å²) in [6, 6.07) is 8.01. The van der Waals surface area contributed by atoms with Crippen LogP contribution in [-0.2, 0) is 4.74 Å². The molecular formula is C28H42N4O3. The van der Waals surface area contributed by atoms with Crippen LogP contribution < -0.4 is 10.6 Å². The van der Waals surface area contributed by atoms with Gasteiger partial charge in [-0.15, -0.1) is 0 Å². The second kappa shape index (κ2) is 14.9. The van der Waals surface area contributed by atoms with E-state index in [1.807, 2.05) is 62.3 Å². The summed E-state index contributed by atoms with van der Waals surface area (Å²) in [7, 11) is 2.05. The summed E-state index contributed by atoms with van der Waals surface area (Å²) in [4.78, 5) is 16.9. The van der Waals surface area contributed by atoms with Crippen molar-refractivity contribution in [3.8, 4) is 0 Å². The molecule has 0 radical (unpaired) electrons. The van der Waals surface area contributed by atoms with Gasteiger partial charge >= 0.3 is 0 Å². The predicted octanol–water partition coefficient (Wildman–Crippen LogP) is 4.85. The first kappa shape index (κ1) is 28.1. The van der Waals surface area contributed by atoms with Gasteiger partial charge in [-0.3, -0.25) is 4.79 Å². The largest absolute Gasteiger partial charge is 0.513 e. The number of likely N-dealkylation sites (N-methyl/N-ethyl adjacent to an activating group) is 1. The molecule has 35 heavy (non-hydrogen) atoms. The Morgan fingerprint density at radius 2 is 1.97 bits per heavy atom. The zero-order valence-electron chi connectivity index (χ0n) is 21.9. The number of nitrogens with one attached hydrogen (secondary N) is 2. The van der Waals surface area contributed by atoms with Gasteiger partial charge in [-0.25, -0.2) is 0 Å². The van der Waals surface area contributed by atoms with E-state index in [0.29, 0.717) is 32.1 Å². The van der Waals surface area contributed by atoms with Gasteiger partial charge in [-0.1, -0.05) is 38.1 Å². The van der Waals surface area contributed by atoms with Crippen molar-refractivity contribution in [3.63, 3.8) is 0 Å². The molecule has 7 heteroatoms. The van der Waals surface area contributed by atoms with Crippen molar-refractivity contribution < 1.29 is 14.6 Å². The van der Waals surface area contributed by atoms with Crippen molar-refractivity contribution in [3.05, 3.63) is 83.2 Å². The van der Waals surface area contributed by atoms with E-state index in [2.05, 4.69) is 40.8 Å². The molecule has 0 aromatic heterocycles. The fraction of sp³-hybridized carbons (Fsp3) is 0.464. The van der Waals surface area contributed by atoms with Gasteiger partial charge in [0.2, 0.25) is 0 Å². The normalized spacial score (nSPS) is 19.0. The van der Waals surface area contributed by atoms with E-state index < -0.39 is 0 Å². The molecule has 0 bridgehead atoms. The molecule has 0 saturated carbocycles. The van der Waals surface area contributed by atoms with Gasteiger partial charge in [0, 0.05) is 44.6 Å². The zero-order chi connectivity index (χ0) is 25.6. The van der Waals surface area contributed by atoms with Crippen LogP contribution in [-0.4, -0.2) is 60.7 Å². The van der Waals surface area contributed by atoms with Crippen LogP contribution in [0.5, 0.6) is 0 Å². The second-order valence-electron chi connectivity index (χ2n) is 8.52. The van der Waals surface area contributed by atoms with Gasteiger partial charge in [-0.05, 0) is 56.0 Å². The SMILES string of the molecule is C/C(O)=C\CC/C=C/C(C)=C/NC1=CNC(c2cccc(C(=O)N3CCOCC3)c2)CN1C.CC. The average Bonchev–Trinajstić information content (AvgIpc) is 2.89. The Morgan fingerprint density at radius 1 is 1.23 bits per heavy atom. The van der Waals surface area contributed by atoms with Crippen molar-refractivity contribution in [2.45, 2.75) is 46.6 Å². The fourth-order valence-corrected chi connectivity index (χ4v) is 3.80. The number of nitrogens with zero attached hydrogens (tertiary/aromatic N) is 2. The molecule has 1 unspecified atom stereocenters. The van der Waals surface area contributed by atoms with E-state index in [0.717, 1.165) is 41.9 Å². The summed E-state index contributed by atoms with van der Waals surface area (Å²) in [5.74, 6) is 1.42. The van der Waals surface area contributed by atoms with Crippen LogP contribution in [0.1, 0.15) is 62.5 Å². The number of carbonyl (C=O) groups excluding carboxylic acids is 1. The highest BCUT2D eigenvalue weighted by Gasteiger charge is 2.22. The number of aliphatic hydroxyl groups excluding tert-OH is 1. The molecule has 1 atom stereocenters. The lowest BCUT2D eigenvalue weighted by Gasteiger charge is -2.33. The number of benzene rings is 1. The van der Waals surface area contributed by atoms with E-state index in [9.17, 15) is 9.90 Å². The molecular weight excluding hydrogens is 440 g/mol. The lowest BCUT2D eigenvalue weighted by Crippen LogP contribution is -2.41. The number of carbonyl (C=O) groups is 1. The van der Waals surface area contributed by atoms with E-state index >= 15 is 0 Å². The van der Waals surface area contributed by atoms with Gasteiger partial charge < -0.3 is 30.3 Å². The highest BCUT2D eigenvalue weighted by atomic mass is 16.5. The summed E-state index contributed by atoms with van der Waals surface area (Å²) in [6.45, 7) is 11.0. The molecule has 1 aromatic rings. The molecule has 2 aliphatic heterocycles. The molecule has 0 spiro atoms. The monoisotopic (exact) mass is 482 g/mol. The highest BCUT2D eigenvalue weighted by molar-refractivity contribution is 5.94. The Kier molecular flexibility index (Phi) is 12.0. The van der Waals surface area contributed by atoms with Gasteiger partial charge in [-0.2, -0.15) is 0 Å². The van der Waals surface area contributed by atoms with Crippen LogP contribution in [0.25, 0.3) is 0 Å². The minimum absolute atomic E-state index is 0.0680. The number of hydrogen-bond donors (Lipinski definition) is 3. The fourth-order valence-electron chi connectivity index (χ4n) is 3.80. The maximum Gasteiger partial charge on any atom is 0.254 e. The molecule has 3 N–H and O–H groups in total. The van der Waals surface area contributed by atoms with Crippen LogP contribution in [0.4, 0.5) is 0 Å². The third-order valence-corrected chi connectivity index (χ3v) is 5.72. The van der Waals surface area contributed by atoms with Crippen molar-refractivity contribution in [1.29, 1.82) is 0 Å². The highest BCUT2D eigenvalue weighted by Crippen LogP contribution is 2.21. The van der Waals surface area contributed by atoms with Crippen molar-refractivity contribution in [1.82, 2.24) is 20.4 Å². The first-order valence-electron chi connectivity index (χ1n) is 12.5. The summed E-state index contributed by atoms with van der Waals surface area (Å²) in [5, 5.41) is 16.0. The van der Waals surface area contributed by atoms with Crippen LogP contribution >= 0.6 is 0 Å². The number of amides is 1. The first-order chi connectivity index (χ1) is 16.9. The lowest BCUT2D eigenvalue weighted by molar-refractivity contribution is 0.0303. The number of unbranched alkanes of at least 4 members (excludes halogenated alkanes) is 1. The Labute approximate surface area is 210 Å². The molecule has 1 amide bonds. The number of aliphatic hydroxyl groups is 1. The molecule has 3 rings (SSSR count). The zero-order valence-corrected chi connectivity index (χ0v) is 21.9. The van der Waals surface area contributed by atoms with Gasteiger partial charge in [0.15, 0.2) is 0 Å². The van der Waals surface area contributed by atoms with E-state index in [4.69, 9.17) is 4.74 Å². The average molecular weight is 483 g/mol. The van der Waals surface area contributed by atoms with Crippen LogP contribution in [0.2, 0.25) is 0 Å². The van der Waals surface area contributed by atoms with E-state index in [1.54, 1.807) is 6.92 Å². The second-order valence-corrected chi connectivity index (χ2v) is 8.52. The maximum absolute atomic E-state index is 12.8. The molecule has 7 nitrogen and oxygen atoms in total. The number of allylic oxidation sites excluding steroid dienone is 5. The quantitative estimate of drug-likeness (QED) is 0.279. The Hall–Kier alpha value is -3.19. The standard InChI is InChI=1S/C26H36N4O3.C2H6/c1-20(8-5-4-6-9-21(2)31)17-28-25-18-27-24(19-29(25)3)22-10-7-11-23(16-22)26(32)30-12-14-33-15-13-30;1-2/h5,7-11,16-18,24,27-28,31H,4,6,12-15,19H2,1-3H3;1-2H3/b8-5+,20-17+,21-9+;. The molecule has 192 valence electrons. The van der Waals surface area contributed by atoms with Crippen molar-refractivity contribution in [2.75, 3.05) is 39.9 Å². The predicted molar refractivity (Wildman–Crippen MR) is 143 cm³/mol. The number of rotatable bonds is 8. The van der Waals surface area contributed by atoms with E-state index in [-0.39, 0.29) is 11.9 Å². The first-order valence-corrected chi connectivity index (χ1v) is 12.5. The lowest BCUT2D eigenvalue weighted by atomic mass is 10.0. The molecule has 1 saturated heterocycles. The van der Waals surface area contributed by atoms with Gasteiger partial charge in [0.1, 0.15) is 5.82 Å². The molecule has 0 aliphatic carbocycles. The topological polar surface area (TPSA) is 77.1 Å². The summed E-state index contributed by atoms with van der Waals surface area (Å²) >= 11 is 0. The third kappa shape index (κ3) is 9.17. The minimum Gasteiger partial charge on any atom is -0.513 e. The molecule has 1 aromatic carbocycles. The van der Waals surface area contributed by atoms with E-state index in [1.165, 1.54) is 0 Å². The Balaban J connectivity index is 0.00000210. The number of hydrogen-bond acceptors (Lipinski definition) is 6. The number of morpholine rings is 1.